The molecule has 0 spiro atoms. The Morgan fingerprint density at radius 3 is 2.53 bits per heavy atom. The van der Waals surface area contributed by atoms with Gasteiger partial charge in [0.15, 0.2) is 0 Å². The predicted octanol–water partition coefficient (Wildman–Crippen LogP) is 2.36. The number of amides is 2. The molecule has 0 bridgehead atoms. The number of nitrogens with one attached hydrogen (secondary N) is 2. The quantitative estimate of drug-likeness (QED) is 0.750. The van der Waals surface area contributed by atoms with Gasteiger partial charge in [-0.05, 0) is 31.4 Å². The molecular weight excluding hydrogens is 264 g/mol. The summed E-state index contributed by atoms with van der Waals surface area (Å²) in [4.78, 5) is 24.9. The van der Waals surface area contributed by atoms with Crippen molar-refractivity contribution >= 4 is 23.3 Å². The largest absolute Gasteiger partial charge is 0.480 e. The highest BCUT2D eigenvalue weighted by molar-refractivity contribution is 7.11. The Kier molecular flexibility index (Phi) is 5.82. The Bertz CT molecular complexity index is 443. The van der Waals surface area contributed by atoms with E-state index in [1.807, 2.05) is 32.9 Å². The van der Waals surface area contributed by atoms with Crippen molar-refractivity contribution in [2.24, 2.45) is 5.92 Å². The fraction of sp³-hybridized carbons (Fsp3) is 0.538. The van der Waals surface area contributed by atoms with E-state index in [-0.39, 0.29) is 5.92 Å². The molecule has 19 heavy (non-hydrogen) atoms. The van der Waals surface area contributed by atoms with Gasteiger partial charge < -0.3 is 15.7 Å². The summed E-state index contributed by atoms with van der Waals surface area (Å²) < 4.78 is 0. The SMILES string of the molecule is Cc1ccc(CNC(=O)N[C@@H](CC(C)C)C(=O)O)s1. The van der Waals surface area contributed by atoms with Crippen LogP contribution < -0.4 is 10.6 Å². The summed E-state index contributed by atoms with van der Waals surface area (Å²) in [5.74, 6) is -0.794. The predicted molar refractivity (Wildman–Crippen MR) is 75.3 cm³/mol. The van der Waals surface area contributed by atoms with Gasteiger partial charge in [-0.3, -0.25) is 0 Å². The van der Waals surface area contributed by atoms with E-state index in [9.17, 15) is 9.59 Å². The smallest absolute Gasteiger partial charge is 0.326 e. The lowest BCUT2D eigenvalue weighted by atomic mass is 10.0. The van der Waals surface area contributed by atoms with E-state index < -0.39 is 18.0 Å². The zero-order chi connectivity index (χ0) is 14.4. The van der Waals surface area contributed by atoms with Crippen LogP contribution in [-0.4, -0.2) is 23.1 Å². The highest BCUT2D eigenvalue weighted by Gasteiger charge is 2.20. The van der Waals surface area contributed by atoms with Crippen LogP contribution >= 0.6 is 11.3 Å². The van der Waals surface area contributed by atoms with Crippen LogP contribution in [0.5, 0.6) is 0 Å². The molecule has 1 rings (SSSR count). The molecule has 0 saturated carbocycles. The topological polar surface area (TPSA) is 78.4 Å². The van der Waals surface area contributed by atoms with E-state index in [1.54, 1.807) is 11.3 Å². The summed E-state index contributed by atoms with van der Waals surface area (Å²) in [6.07, 6.45) is 0.418. The van der Waals surface area contributed by atoms with Crippen LogP contribution in [0.3, 0.4) is 0 Å². The standard InChI is InChI=1S/C13H20N2O3S/c1-8(2)6-11(12(16)17)15-13(18)14-7-10-5-4-9(3)19-10/h4-5,8,11H,6-7H2,1-3H3,(H,16,17)(H2,14,15,18)/t11-/m0/s1. The van der Waals surface area contributed by atoms with Gasteiger partial charge in [-0.1, -0.05) is 13.8 Å². The number of hydrogen-bond donors (Lipinski definition) is 3. The minimum absolute atomic E-state index is 0.210. The number of rotatable bonds is 6. The van der Waals surface area contributed by atoms with E-state index in [4.69, 9.17) is 5.11 Å². The molecule has 0 aromatic carbocycles. The number of carbonyl (C=O) groups excluding carboxylic acids is 1. The van der Waals surface area contributed by atoms with Crippen LogP contribution in [-0.2, 0) is 11.3 Å². The average molecular weight is 284 g/mol. The zero-order valence-corrected chi connectivity index (χ0v) is 12.2. The molecule has 0 fully saturated rings. The third-order valence-corrected chi connectivity index (χ3v) is 3.53. The summed E-state index contributed by atoms with van der Waals surface area (Å²) >= 11 is 1.61. The monoisotopic (exact) mass is 284 g/mol. The first-order valence-electron chi connectivity index (χ1n) is 6.21. The Morgan fingerprint density at radius 1 is 1.37 bits per heavy atom. The number of thiophene rings is 1. The van der Waals surface area contributed by atoms with Gasteiger partial charge in [0.1, 0.15) is 6.04 Å². The molecule has 1 heterocycles. The van der Waals surface area contributed by atoms with Gasteiger partial charge >= 0.3 is 12.0 Å². The molecular formula is C13H20N2O3S. The average Bonchev–Trinajstić information content (AvgIpc) is 2.71. The molecule has 1 aromatic heterocycles. The molecule has 0 radical (unpaired) electrons. The van der Waals surface area contributed by atoms with Crippen molar-refractivity contribution in [3.8, 4) is 0 Å². The number of aliphatic carboxylic acids is 1. The van der Waals surface area contributed by atoms with Crippen LogP contribution in [0.15, 0.2) is 12.1 Å². The molecule has 106 valence electrons. The summed E-state index contributed by atoms with van der Waals surface area (Å²) in [7, 11) is 0. The summed E-state index contributed by atoms with van der Waals surface area (Å²) in [5.41, 5.74) is 0. The number of aryl methyl sites for hydroxylation is 1. The van der Waals surface area contributed by atoms with Crippen molar-refractivity contribution in [1.82, 2.24) is 10.6 Å². The zero-order valence-electron chi connectivity index (χ0n) is 11.4. The Morgan fingerprint density at radius 2 is 2.05 bits per heavy atom. The van der Waals surface area contributed by atoms with E-state index >= 15 is 0 Å². The van der Waals surface area contributed by atoms with Crippen molar-refractivity contribution in [2.45, 2.75) is 39.8 Å². The lowest BCUT2D eigenvalue weighted by molar-refractivity contribution is -0.139. The van der Waals surface area contributed by atoms with Gasteiger partial charge in [-0.25, -0.2) is 9.59 Å². The van der Waals surface area contributed by atoms with E-state index in [1.165, 1.54) is 4.88 Å². The molecule has 0 aliphatic carbocycles. The van der Waals surface area contributed by atoms with Crippen LogP contribution in [0.1, 0.15) is 30.0 Å². The van der Waals surface area contributed by atoms with Crippen molar-refractivity contribution in [3.05, 3.63) is 21.9 Å². The first-order valence-corrected chi connectivity index (χ1v) is 7.02. The Hall–Kier alpha value is -1.56. The molecule has 1 aromatic rings. The summed E-state index contributed by atoms with van der Waals surface area (Å²) in [5, 5.41) is 14.2. The van der Waals surface area contributed by atoms with Gasteiger partial charge in [-0.15, -0.1) is 11.3 Å². The van der Waals surface area contributed by atoms with Gasteiger partial charge in [0.05, 0.1) is 6.54 Å². The number of carbonyl (C=O) groups is 2. The lowest BCUT2D eigenvalue weighted by Crippen LogP contribution is -2.46. The second kappa shape index (κ2) is 7.13. The first-order chi connectivity index (χ1) is 8.88. The summed E-state index contributed by atoms with van der Waals surface area (Å²) in [6.45, 7) is 6.25. The minimum atomic E-state index is -1.00. The van der Waals surface area contributed by atoms with Gasteiger partial charge in [0.2, 0.25) is 0 Å². The number of urea groups is 1. The first kappa shape index (κ1) is 15.5. The molecule has 3 N–H and O–H groups in total. The second-order valence-corrected chi connectivity index (χ2v) is 6.23. The lowest BCUT2D eigenvalue weighted by Gasteiger charge is -2.16. The highest BCUT2D eigenvalue weighted by atomic mass is 32.1. The minimum Gasteiger partial charge on any atom is -0.480 e. The highest BCUT2D eigenvalue weighted by Crippen LogP contribution is 2.14. The third kappa shape index (κ3) is 5.74. The Balaban J connectivity index is 2.42. The van der Waals surface area contributed by atoms with Gasteiger partial charge in [0.25, 0.3) is 0 Å². The van der Waals surface area contributed by atoms with Crippen molar-refractivity contribution in [3.63, 3.8) is 0 Å². The van der Waals surface area contributed by atoms with Crippen molar-refractivity contribution in [1.29, 1.82) is 0 Å². The Labute approximate surface area is 117 Å². The van der Waals surface area contributed by atoms with E-state index in [2.05, 4.69) is 10.6 Å². The third-order valence-electron chi connectivity index (χ3n) is 2.53. The molecule has 0 aliphatic heterocycles. The maximum Gasteiger partial charge on any atom is 0.326 e. The van der Waals surface area contributed by atoms with Crippen LogP contribution in [0.4, 0.5) is 4.79 Å². The molecule has 6 heteroatoms. The van der Waals surface area contributed by atoms with E-state index in [0.717, 1.165) is 4.88 Å². The van der Waals surface area contributed by atoms with Gasteiger partial charge in [0, 0.05) is 9.75 Å². The number of carboxylic acid groups (broad SMARTS) is 1. The fourth-order valence-electron chi connectivity index (χ4n) is 1.65. The maximum absolute atomic E-state index is 11.6. The molecule has 0 unspecified atom stereocenters. The molecule has 1 atom stereocenters. The summed E-state index contributed by atoms with van der Waals surface area (Å²) in [6, 6.07) is 2.64. The number of carboxylic acids is 1. The van der Waals surface area contributed by atoms with Crippen LogP contribution in [0.2, 0.25) is 0 Å². The maximum atomic E-state index is 11.6. The molecule has 0 aliphatic rings. The second-order valence-electron chi connectivity index (χ2n) is 4.86. The fourth-order valence-corrected chi connectivity index (χ4v) is 2.48. The van der Waals surface area contributed by atoms with Crippen molar-refractivity contribution in [2.75, 3.05) is 0 Å². The van der Waals surface area contributed by atoms with E-state index in [0.29, 0.717) is 13.0 Å². The molecule has 5 nitrogen and oxygen atoms in total. The van der Waals surface area contributed by atoms with Crippen LogP contribution in [0.25, 0.3) is 0 Å². The number of hydrogen-bond acceptors (Lipinski definition) is 3. The molecule has 0 saturated heterocycles. The normalized spacial score (nSPS) is 12.2. The molecule has 2 amide bonds. The van der Waals surface area contributed by atoms with Crippen LogP contribution in [0, 0.1) is 12.8 Å². The van der Waals surface area contributed by atoms with Gasteiger partial charge in [-0.2, -0.15) is 0 Å². The van der Waals surface area contributed by atoms with Crippen molar-refractivity contribution < 1.29 is 14.7 Å².